The first-order chi connectivity index (χ1) is 6.31. The van der Waals surface area contributed by atoms with Crippen LogP contribution in [0.15, 0.2) is 0 Å². The fourth-order valence-electron chi connectivity index (χ4n) is 2.72. The summed E-state index contributed by atoms with van der Waals surface area (Å²) in [6.07, 6.45) is 4.20. The van der Waals surface area contributed by atoms with E-state index in [2.05, 4.69) is 29.5 Å². The van der Waals surface area contributed by atoms with E-state index in [9.17, 15) is 0 Å². The van der Waals surface area contributed by atoms with Crippen LogP contribution in [0.4, 0.5) is 0 Å². The first-order valence-corrected chi connectivity index (χ1v) is 5.99. The van der Waals surface area contributed by atoms with Gasteiger partial charge in [0.2, 0.25) is 0 Å². The van der Waals surface area contributed by atoms with Crippen LogP contribution in [0.1, 0.15) is 19.3 Å². The molecule has 76 valence electrons. The fraction of sp³-hybridized carbons (Fsp3) is 1.00. The molecule has 0 saturated carbocycles. The number of fused-ring (bicyclic) bond motifs is 2. The Bertz CT molecular complexity index is 174. The van der Waals surface area contributed by atoms with E-state index < -0.39 is 0 Å². The van der Waals surface area contributed by atoms with Crippen molar-refractivity contribution in [2.45, 2.75) is 31.3 Å². The Labute approximate surface area is 86.7 Å². The van der Waals surface area contributed by atoms with Crippen LogP contribution < -0.4 is 0 Å². The lowest BCUT2D eigenvalue weighted by Gasteiger charge is -2.24. The molecular formula is C10H20N2S. The molecule has 2 saturated heterocycles. The normalized spacial score (nSPS) is 36.5. The number of likely N-dealkylation sites (N-methyl/N-ethyl adjacent to an activating group) is 1. The van der Waals surface area contributed by atoms with Gasteiger partial charge >= 0.3 is 0 Å². The van der Waals surface area contributed by atoms with Gasteiger partial charge in [-0.2, -0.15) is 12.6 Å². The minimum Gasteiger partial charge on any atom is -0.301 e. The standard InChI is InChI=1S/C10H20N2S/c1-11-9-2-3-10(11)8-12(5-4-9)6-7-13/h9-10,13H,2-8H2,1H3. The van der Waals surface area contributed by atoms with E-state index in [0.29, 0.717) is 0 Å². The Morgan fingerprint density at radius 3 is 2.77 bits per heavy atom. The van der Waals surface area contributed by atoms with E-state index >= 15 is 0 Å². The number of rotatable bonds is 2. The largest absolute Gasteiger partial charge is 0.301 e. The Hall–Kier alpha value is 0.270. The molecule has 0 amide bonds. The molecule has 2 unspecified atom stereocenters. The minimum atomic E-state index is 0.826. The van der Waals surface area contributed by atoms with Gasteiger partial charge in [-0.05, 0) is 32.9 Å². The van der Waals surface area contributed by atoms with Crippen LogP contribution in [-0.2, 0) is 0 Å². The van der Waals surface area contributed by atoms with Gasteiger partial charge in [0.05, 0.1) is 0 Å². The number of likely N-dealkylation sites (tertiary alicyclic amines) is 1. The second-order valence-corrected chi connectivity index (χ2v) is 4.81. The average molecular weight is 200 g/mol. The van der Waals surface area contributed by atoms with Crippen LogP contribution in [0.2, 0.25) is 0 Å². The molecule has 2 rings (SSSR count). The quantitative estimate of drug-likeness (QED) is 0.667. The highest BCUT2D eigenvalue weighted by Crippen LogP contribution is 2.28. The first kappa shape index (κ1) is 9.81. The SMILES string of the molecule is CN1C2CCC1CN(CCS)CC2. The van der Waals surface area contributed by atoms with Gasteiger partial charge in [0.1, 0.15) is 0 Å². The second-order valence-electron chi connectivity index (χ2n) is 4.36. The molecule has 2 heterocycles. The zero-order chi connectivity index (χ0) is 9.26. The third kappa shape index (κ3) is 2.03. The molecule has 2 nitrogen and oxygen atoms in total. The number of nitrogens with zero attached hydrogens (tertiary/aromatic N) is 2. The van der Waals surface area contributed by atoms with Gasteiger partial charge in [-0.1, -0.05) is 0 Å². The molecule has 3 heteroatoms. The molecule has 0 aromatic heterocycles. The minimum absolute atomic E-state index is 0.826. The Morgan fingerprint density at radius 2 is 2.00 bits per heavy atom. The number of thiol groups is 1. The van der Waals surface area contributed by atoms with E-state index in [0.717, 1.165) is 17.8 Å². The van der Waals surface area contributed by atoms with Crippen molar-refractivity contribution in [1.82, 2.24) is 9.80 Å². The van der Waals surface area contributed by atoms with Crippen LogP contribution in [0.25, 0.3) is 0 Å². The summed E-state index contributed by atoms with van der Waals surface area (Å²) in [4.78, 5) is 5.17. The molecule has 2 aliphatic rings. The van der Waals surface area contributed by atoms with Crippen LogP contribution in [-0.4, -0.2) is 54.3 Å². The van der Waals surface area contributed by atoms with Crippen molar-refractivity contribution in [3.8, 4) is 0 Å². The topological polar surface area (TPSA) is 6.48 Å². The van der Waals surface area contributed by atoms with Crippen molar-refractivity contribution in [3.05, 3.63) is 0 Å². The third-order valence-electron chi connectivity index (χ3n) is 3.65. The summed E-state index contributed by atoms with van der Waals surface area (Å²) in [6, 6.07) is 1.70. The molecule has 13 heavy (non-hydrogen) atoms. The Morgan fingerprint density at radius 1 is 1.23 bits per heavy atom. The molecule has 0 aromatic rings. The Kier molecular flexibility index (Phi) is 3.17. The molecular weight excluding hydrogens is 180 g/mol. The van der Waals surface area contributed by atoms with Gasteiger partial charge in [-0.25, -0.2) is 0 Å². The van der Waals surface area contributed by atoms with Crippen LogP contribution >= 0.6 is 12.6 Å². The average Bonchev–Trinajstić information content (AvgIpc) is 2.33. The monoisotopic (exact) mass is 200 g/mol. The summed E-state index contributed by atoms with van der Waals surface area (Å²) < 4.78 is 0. The predicted molar refractivity (Wildman–Crippen MR) is 59.5 cm³/mol. The first-order valence-electron chi connectivity index (χ1n) is 5.36. The van der Waals surface area contributed by atoms with Gasteiger partial charge < -0.3 is 4.90 Å². The van der Waals surface area contributed by atoms with E-state index in [-0.39, 0.29) is 0 Å². The highest BCUT2D eigenvalue weighted by atomic mass is 32.1. The van der Waals surface area contributed by atoms with Crippen molar-refractivity contribution in [2.24, 2.45) is 0 Å². The number of hydrogen-bond acceptors (Lipinski definition) is 3. The van der Waals surface area contributed by atoms with E-state index in [1.54, 1.807) is 0 Å². The smallest absolute Gasteiger partial charge is 0.0223 e. The van der Waals surface area contributed by atoms with Crippen molar-refractivity contribution in [2.75, 3.05) is 32.4 Å². The maximum atomic E-state index is 4.30. The highest BCUT2D eigenvalue weighted by Gasteiger charge is 2.34. The fourth-order valence-corrected chi connectivity index (χ4v) is 3.01. The predicted octanol–water partition coefficient (Wildman–Crippen LogP) is 1.08. The van der Waals surface area contributed by atoms with Crippen LogP contribution in [0.5, 0.6) is 0 Å². The molecule has 2 atom stereocenters. The Balaban J connectivity index is 1.95. The highest BCUT2D eigenvalue weighted by molar-refractivity contribution is 7.80. The molecule has 0 aromatic carbocycles. The summed E-state index contributed by atoms with van der Waals surface area (Å²) in [6.45, 7) is 3.72. The lowest BCUT2D eigenvalue weighted by Crippen LogP contribution is -2.37. The molecule has 2 aliphatic heterocycles. The maximum Gasteiger partial charge on any atom is 0.0223 e. The lowest BCUT2D eigenvalue weighted by molar-refractivity contribution is 0.225. The van der Waals surface area contributed by atoms with Gasteiger partial charge in [-0.15, -0.1) is 0 Å². The van der Waals surface area contributed by atoms with Gasteiger partial charge in [0, 0.05) is 30.9 Å². The van der Waals surface area contributed by atoms with Gasteiger partial charge in [0.15, 0.2) is 0 Å². The van der Waals surface area contributed by atoms with Gasteiger partial charge in [0.25, 0.3) is 0 Å². The van der Waals surface area contributed by atoms with Gasteiger partial charge in [-0.3, -0.25) is 4.90 Å². The lowest BCUT2D eigenvalue weighted by atomic mass is 10.1. The summed E-state index contributed by atoms with van der Waals surface area (Å²) in [5.41, 5.74) is 0. The summed E-state index contributed by atoms with van der Waals surface area (Å²) in [5, 5.41) is 0. The number of hydrogen-bond donors (Lipinski definition) is 1. The van der Waals surface area contributed by atoms with Crippen molar-refractivity contribution < 1.29 is 0 Å². The zero-order valence-electron chi connectivity index (χ0n) is 8.45. The van der Waals surface area contributed by atoms with E-state index in [4.69, 9.17) is 0 Å². The van der Waals surface area contributed by atoms with Crippen molar-refractivity contribution in [1.29, 1.82) is 0 Å². The summed E-state index contributed by atoms with van der Waals surface area (Å²) >= 11 is 4.30. The van der Waals surface area contributed by atoms with Crippen molar-refractivity contribution >= 4 is 12.6 Å². The van der Waals surface area contributed by atoms with Crippen molar-refractivity contribution in [3.63, 3.8) is 0 Å². The summed E-state index contributed by atoms with van der Waals surface area (Å²) in [5.74, 6) is 1.00. The summed E-state index contributed by atoms with van der Waals surface area (Å²) in [7, 11) is 2.30. The molecule has 2 bridgehead atoms. The zero-order valence-corrected chi connectivity index (χ0v) is 9.34. The molecule has 2 fully saturated rings. The van der Waals surface area contributed by atoms with E-state index in [1.807, 2.05) is 0 Å². The maximum absolute atomic E-state index is 4.30. The molecule has 0 spiro atoms. The third-order valence-corrected chi connectivity index (χ3v) is 3.85. The second kappa shape index (κ2) is 4.20. The molecule has 0 aliphatic carbocycles. The molecule has 0 N–H and O–H groups in total. The van der Waals surface area contributed by atoms with Crippen LogP contribution in [0, 0.1) is 0 Å². The van der Waals surface area contributed by atoms with Crippen LogP contribution in [0.3, 0.4) is 0 Å². The van der Waals surface area contributed by atoms with E-state index in [1.165, 1.54) is 38.9 Å². The molecule has 0 radical (unpaired) electrons.